The number of amides is 1. The van der Waals surface area contributed by atoms with Crippen LogP contribution in [0.25, 0.3) is 0 Å². The lowest BCUT2D eigenvalue weighted by Gasteiger charge is -2.09. The number of benzene rings is 2. The third-order valence-corrected chi connectivity index (χ3v) is 3.56. The van der Waals surface area contributed by atoms with E-state index in [0.717, 1.165) is 10.2 Å². The van der Waals surface area contributed by atoms with E-state index in [4.69, 9.17) is 9.47 Å². The van der Waals surface area contributed by atoms with Crippen molar-refractivity contribution in [1.29, 1.82) is 0 Å². The summed E-state index contributed by atoms with van der Waals surface area (Å²) in [5, 5.41) is 2.75. The Kier molecular flexibility index (Phi) is 6.27. The Hall–Kier alpha value is -2.01. The number of carbonyl (C=O) groups is 1. The molecule has 116 valence electrons. The Morgan fingerprint density at radius 2 is 1.82 bits per heavy atom. The molecule has 0 saturated heterocycles. The first-order valence-electron chi connectivity index (χ1n) is 6.98. The molecule has 0 atom stereocenters. The normalized spacial score (nSPS) is 10.1. The van der Waals surface area contributed by atoms with Gasteiger partial charge in [-0.25, -0.2) is 0 Å². The lowest BCUT2D eigenvalue weighted by atomic mass is 10.2. The summed E-state index contributed by atoms with van der Waals surface area (Å²) >= 11 is 3.36. The molecule has 0 radical (unpaired) electrons. The number of ether oxygens (including phenoxy) is 2. The van der Waals surface area contributed by atoms with Gasteiger partial charge in [0.2, 0.25) is 0 Å². The van der Waals surface area contributed by atoms with Crippen LogP contribution in [0.2, 0.25) is 0 Å². The van der Waals surface area contributed by atoms with E-state index >= 15 is 0 Å². The van der Waals surface area contributed by atoms with Crippen LogP contribution in [-0.4, -0.2) is 25.7 Å². The van der Waals surface area contributed by atoms with E-state index in [2.05, 4.69) is 21.2 Å². The largest absolute Gasteiger partial charge is 0.492 e. The van der Waals surface area contributed by atoms with E-state index in [9.17, 15) is 4.79 Å². The van der Waals surface area contributed by atoms with Crippen LogP contribution < -0.4 is 14.8 Å². The number of nitrogens with one attached hydrogen (secondary N) is 1. The SMILES string of the molecule is Cc1ccc(OCCNC(=O)COc2ccccc2Br)cc1. The highest BCUT2D eigenvalue weighted by atomic mass is 79.9. The molecule has 0 aliphatic rings. The minimum absolute atomic E-state index is 0.0207. The molecule has 2 aromatic rings. The first-order valence-corrected chi connectivity index (χ1v) is 7.78. The topological polar surface area (TPSA) is 47.6 Å². The van der Waals surface area contributed by atoms with Crippen LogP contribution in [-0.2, 0) is 4.79 Å². The number of hydrogen-bond donors (Lipinski definition) is 1. The summed E-state index contributed by atoms with van der Waals surface area (Å²) in [4.78, 5) is 11.7. The zero-order valence-electron chi connectivity index (χ0n) is 12.3. The van der Waals surface area contributed by atoms with E-state index < -0.39 is 0 Å². The highest BCUT2D eigenvalue weighted by molar-refractivity contribution is 9.10. The zero-order valence-corrected chi connectivity index (χ0v) is 13.9. The van der Waals surface area contributed by atoms with Crippen LogP contribution >= 0.6 is 15.9 Å². The molecule has 0 heterocycles. The zero-order chi connectivity index (χ0) is 15.8. The fourth-order valence-corrected chi connectivity index (χ4v) is 2.15. The number of carbonyl (C=O) groups excluding carboxylic acids is 1. The molecule has 1 amide bonds. The molecule has 22 heavy (non-hydrogen) atoms. The molecule has 2 aromatic carbocycles. The van der Waals surface area contributed by atoms with E-state index in [1.54, 1.807) is 6.07 Å². The second kappa shape index (κ2) is 8.44. The van der Waals surface area contributed by atoms with E-state index in [1.165, 1.54) is 5.56 Å². The fraction of sp³-hybridized carbons (Fsp3) is 0.235. The maximum atomic E-state index is 11.7. The predicted octanol–water partition coefficient (Wildman–Crippen LogP) is 3.33. The minimum atomic E-state index is -0.178. The molecular formula is C17H18BrNO3. The second-order valence-electron chi connectivity index (χ2n) is 4.73. The monoisotopic (exact) mass is 363 g/mol. The van der Waals surface area contributed by atoms with Crippen LogP contribution in [0.15, 0.2) is 53.0 Å². The highest BCUT2D eigenvalue weighted by Gasteiger charge is 2.04. The van der Waals surface area contributed by atoms with Gasteiger partial charge >= 0.3 is 0 Å². The third kappa shape index (κ3) is 5.41. The number of para-hydroxylation sites is 1. The summed E-state index contributed by atoms with van der Waals surface area (Å²) in [6, 6.07) is 15.2. The third-order valence-electron chi connectivity index (χ3n) is 2.91. The fourth-order valence-electron chi connectivity index (χ4n) is 1.75. The van der Waals surface area contributed by atoms with Crippen molar-refractivity contribution in [3.63, 3.8) is 0 Å². The van der Waals surface area contributed by atoms with Crippen molar-refractivity contribution in [2.24, 2.45) is 0 Å². The highest BCUT2D eigenvalue weighted by Crippen LogP contribution is 2.23. The molecule has 0 aromatic heterocycles. The Bertz CT molecular complexity index is 614. The summed E-state index contributed by atoms with van der Waals surface area (Å²) in [6.07, 6.45) is 0. The van der Waals surface area contributed by atoms with Crippen LogP contribution in [0.4, 0.5) is 0 Å². The van der Waals surface area contributed by atoms with Crippen LogP contribution in [0.1, 0.15) is 5.56 Å². The van der Waals surface area contributed by atoms with Gasteiger partial charge in [0, 0.05) is 0 Å². The molecule has 0 bridgehead atoms. The van der Waals surface area contributed by atoms with Crippen molar-refractivity contribution in [3.05, 3.63) is 58.6 Å². The van der Waals surface area contributed by atoms with Crippen molar-refractivity contribution in [2.75, 3.05) is 19.8 Å². The number of hydrogen-bond acceptors (Lipinski definition) is 3. The van der Waals surface area contributed by atoms with Crippen molar-refractivity contribution in [3.8, 4) is 11.5 Å². The van der Waals surface area contributed by atoms with Crippen LogP contribution in [0.3, 0.4) is 0 Å². The van der Waals surface area contributed by atoms with Gasteiger partial charge in [0.05, 0.1) is 11.0 Å². The molecule has 1 N–H and O–H groups in total. The summed E-state index contributed by atoms with van der Waals surface area (Å²) in [5.74, 6) is 1.26. The van der Waals surface area contributed by atoms with Gasteiger partial charge < -0.3 is 14.8 Å². The van der Waals surface area contributed by atoms with Crippen molar-refractivity contribution in [2.45, 2.75) is 6.92 Å². The quantitative estimate of drug-likeness (QED) is 0.767. The van der Waals surface area contributed by atoms with Gasteiger partial charge in [-0.1, -0.05) is 29.8 Å². The van der Waals surface area contributed by atoms with Gasteiger partial charge in [-0.2, -0.15) is 0 Å². The van der Waals surface area contributed by atoms with Gasteiger partial charge in [-0.05, 0) is 47.1 Å². The summed E-state index contributed by atoms with van der Waals surface area (Å²) in [5.41, 5.74) is 1.19. The van der Waals surface area contributed by atoms with E-state index in [0.29, 0.717) is 18.9 Å². The molecule has 4 nitrogen and oxygen atoms in total. The van der Waals surface area contributed by atoms with E-state index in [-0.39, 0.29) is 12.5 Å². The molecule has 0 aliphatic carbocycles. The Labute approximate surface area is 138 Å². The molecular weight excluding hydrogens is 346 g/mol. The summed E-state index contributed by atoms with van der Waals surface area (Å²) in [6.45, 7) is 2.86. The Balaban J connectivity index is 1.64. The lowest BCUT2D eigenvalue weighted by molar-refractivity contribution is -0.123. The standard InChI is InChI=1S/C17H18BrNO3/c1-13-6-8-14(9-7-13)21-11-10-19-17(20)12-22-16-5-3-2-4-15(16)18/h2-9H,10-12H2,1H3,(H,19,20). The van der Waals surface area contributed by atoms with Crippen molar-refractivity contribution in [1.82, 2.24) is 5.32 Å². The molecule has 0 aliphatic heterocycles. The number of halogens is 1. The molecule has 0 unspecified atom stereocenters. The smallest absolute Gasteiger partial charge is 0.258 e. The number of rotatable bonds is 7. The van der Waals surface area contributed by atoms with Gasteiger partial charge in [-0.15, -0.1) is 0 Å². The van der Waals surface area contributed by atoms with Gasteiger partial charge in [0.15, 0.2) is 6.61 Å². The molecule has 0 fully saturated rings. The van der Waals surface area contributed by atoms with Gasteiger partial charge in [-0.3, -0.25) is 4.79 Å². The van der Waals surface area contributed by atoms with Crippen LogP contribution in [0.5, 0.6) is 11.5 Å². The molecule has 0 spiro atoms. The predicted molar refractivity (Wildman–Crippen MR) is 89.3 cm³/mol. The van der Waals surface area contributed by atoms with Crippen LogP contribution in [0, 0.1) is 6.92 Å². The van der Waals surface area contributed by atoms with Gasteiger partial charge in [0.25, 0.3) is 5.91 Å². The van der Waals surface area contributed by atoms with E-state index in [1.807, 2.05) is 49.4 Å². The average molecular weight is 364 g/mol. The number of aryl methyl sites for hydroxylation is 1. The summed E-state index contributed by atoms with van der Waals surface area (Å²) in [7, 11) is 0. The van der Waals surface area contributed by atoms with Crippen molar-refractivity contribution >= 4 is 21.8 Å². The summed E-state index contributed by atoms with van der Waals surface area (Å²) < 4.78 is 11.8. The Morgan fingerprint density at radius 3 is 2.55 bits per heavy atom. The second-order valence-corrected chi connectivity index (χ2v) is 5.58. The lowest BCUT2D eigenvalue weighted by Crippen LogP contribution is -2.32. The average Bonchev–Trinajstić information content (AvgIpc) is 2.52. The molecule has 0 saturated carbocycles. The first kappa shape index (κ1) is 16.4. The van der Waals surface area contributed by atoms with Gasteiger partial charge in [0.1, 0.15) is 18.1 Å². The molecule has 5 heteroatoms. The maximum absolute atomic E-state index is 11.7. The first-order chi connectivity index (χ1) is 10.6. The van der Waals surface area contributed by atoms with Crippen molar-refractivity contribution < 1.29 is 14.3 Å². The maximum Gasteiger partial charge on any atom is 0.258 e. The Morgan fingerprint density at radius 1 is 1.09 bits per heavy atom. The molecule has 2 rings (SSSR count). The minimum Gasteiger partial charge on any atom is -0.492 e.